The molecule has 1 fully saturated rings. The SMILES string of the molecule is CNCCNCC1CCCCS1(=O)=O. The highest BCUT2D eigenvalue weighted by atomic mass is 32.2. The highest BCUT2D eigenvalue weighted by Crippen LogP contribution is 2.18. The largest absolute Gasteiger partial charge is 0.318 e. The molecule has 14 heavy (non-hydrogen) atoms. The summed E-state index contributed by atoms with van der Waals surface area (Å²) >= 11 is 0. The minimum absolute atomic E-state index is 0.145. The van der Waals surface area contributed by atoms with E-state index < -0.39 is 9.84 Å². The first-order chi connectivity index (χ1) is 6.67. The van der Waals surface area contributed by atoms with Crippen LogP contribution >= 0.6 is 0 Å². The highest BCUT2D eigenvalue weighted by Gasteiger charge is 2.27. The maximum absolute atomic E-state index is 11.6. The maximum Gasteiger partial charge on any atom is 0.154 e. The van der Waals surface area contributed by atoms with Crippen molar-refractivity contribution in [1.29, 1.82) is 0 Å². The fourth-order valence-corrected chi connectivity index (χ4v) is 3.56. The molecule has 0 saturated carbocycles. The van der Waals surface area contributed by atoms with Gasteiger partial charge in [0.25, 0.3) is 0 Å². The Morgan fingerprint density at radius 1 is 1.29 bits per heavy atom. The third kappa shape index (κ3) is 3.55. The molecule has 0 spiro atoms. The smallest absolute Gasteiger partial charge is 0.154 e. The Bertz CT molecular complexity index is 252. The van der Waals surface area contributed by atoms with Crippen LogP contribution in [0.5, 0.6) is 0 Å². The van der Waals surface area contributed by atoms with Crippen LogP contribution in [-0.2, 0) is 9.84 Å². The van der Waals surface area contributed by atoms with E-state index in [1.807, 2.05) is 7.05 Å². The molecule has 0 aromatic heterocycles. The van der Waals surface area contributed by atoms with E-state index in [1.54, 1.807) is 0 Å². The summed E-state index contributed by atoms with van der Waals surface area (Å²) < 4.78 is 23.2. The zero-order chi connectivity index (χ0) is 10.4. The fourth-order valence-electron chi connectivity index (χ4n) is 1.73. The second-order valence-electron chi connectivity index (χ2n) is 3.79. The molecule has 0 radical (unpaired) electrons. The average Bonchev–Trinajstić information content (AvgIpc) is 2.14. The highest BCUT2D eigenvalue weighted by molar-refractivity contribution is 7.92. The van der Waals surface area contributed by atoms with Crippen LogP contribution in [0.1, 0.15) is 19.3 Å². The van der Waals surface area contributed by atoms with Crippen molar-refractivity contribution in [2.45, 2.75) is 24.5 Å². The monoisotopic (exact) mass is 220 g/mol. The molecule has 1 heterocycles. The number of hydrogen-bond donors (Lipinski definition) is 2. The minimum Gasteiger partial charge on any atom is -0.318 e. The molecule has 0 amide bonds. The Balaban J connectivity index is 2.28. The van der Waals surface area contributed by atoms with Gasteiger partial charge in [-0.1, -0.05) is 6.42 Å². The van der Waals surface area contributed by atoms with Gasteiger partial charge in [-0.3, -0.25) is 0 Å². The third-order valence-electron chi connectivity index (χ3n) is 2.64. The lowest BCUT2D eigenvalue weighted by Crippen LogP contribution is -2.39. The Labute approximate surface area is 86.4 Å². The molecular weight excluding hydrogens is 200 g/mol. The van der Waals surface area contributed by atoms with Crippen molar-refractivity contribution in [2.24, 2.45) is 0 Å². The quantitative estimate of drug-likeness (QED) is 0.628. The van der Waals surface area contributed by atoms with Crippen LogP contribution in [0.3, 0.4) is 0 Å². The average molecular weight is 220 g/mol. The Morgan fingerprint density at radius 3 is 2.71 bits per heavy atom. The van der Waals surface area contributed by atoms with E-state index in [1.165, 1.54) is 0 Å². The third-order valence-corrected chi connectivity index (χ3v) is 4.91. The number of rotatable bonds is 5. The van der Waals surface area contributed by atoms with E-state index in [-0.39, 0.29) is 5.25 Å². The number of likely N-dealkylation sites (N-methyl/N-ethyl adjacent to an activating group) is 1. The van der Waals surface area contributed by atoms with E-state index in [4.69, 9.17) is 0 Å². The first kappa shape index (κ1) is 11.9. The van der Waals surface area contributed by atoms with Crippen LogP contribution in [0.25, 0.3) is 0 Å². The summed E-state index contributed by atoms with van der Waals surface area (Å²) in [6.07, 6.45) is 2.72. The predicted octanol–water partition coefficient (Wildman–Crippen LogP) is -0.237. The molecule has 1 rings (SSSR count). The molecule has 1 aliphatic heterocycles. The Morgan fingerprint density at radius 2 is 2.07 bits per heavy atom. The van der Waals surface area contributed by atoms with Gasteiger partial charge in [-0.25, -0.2) is 8.42 Å². The van der Waals surface area contributed by atoms with Gasteiger partial charge < -0.3 is 10.6 Å². The van der Waals surface area contributed by atoms with E-state index in [0.29, 0.717) is 12.3 Å². The van der Waals surface area contributed by atoms with Gasteiger partial charge >= 0.3 is 0 Å². The topological polar surface area (TPSA) is 58.2 Å². The minimum atomic E-state index is -2.79. The molecule has 84 valence electrons. The van der Waals surface area contributed by atoms with Crippen molar-refractivity contribution in [2.75, 3.05) is 32.4 Å². The number of hydrogen-bond acceptors (Lipinski definition) is 4. The van der Waals surface area contributed by atoms with Crippen LogP contribution in [0.2, 0.25) is 0 Å². The van der Waals surface area contributed by atoms with Crippen LogP contribution < -0.4 is 10.6 Å². The van der Waals surface area contributed by atoms with Crippen LogP contribution in [0.4, 0.5) is 0 Å². The van der Waals surface area contributed by atoms with Crippen LogP contribution in [0.15, 0.2) is 0 Å². The lowest BCUT2D eigenvalue weighted by molar-refractivity contribution is 0.519. The zero-order valence-electron chi connectivity index (χ0n) is 8.75. The summed E-state index contributed by atoms with van der Waals surface area (Å²) in [5.74, 6) is 0.380. The molecule has 2 N–H and O–H groups in total. The van der Waals surface area contributed by atoms with Crippen molar-refractivity contribution in [3.8, 4) is 0 Å². The molecule has 0 aromatic rings. The summed E-state index contributed by atoms with van der Waals surface area (Å²) in [5, 5.41) is 6.04. The molecule has 0 bridgehead atoms. The first-order valence-corrected chi connectivity index (χ1v) is 6.95. The van der Waals surface area contributed by atoms with Crippen LogP contribution in [-0.4, -0.2) is 46.1 Å². The Kier molecular flexibility index (Phi) is 4.84. The second kappa shape index (κ2) is 5.68. The van der Waals surface area contributed by atoms with Gasteiger partial charge in [0.15, 0.2) is 9.84 Å². The Hall–Kier alpha value is -0.130. The van der Waals surface area contributed by atoms with Gasteiger partial charge in [0.2, 0.25) is 0 Å². The van der Waals surface area contributed by atoms with E-state index >= 15 is 0 Å². The normalized spacial score (nSPS) is 26.2. The summed E-state index contributed by atoms with van der Waals surface area (Å²) in [4.78, 5) is 0. The van der Waals surface area contributed by atoms with Gasteiger partial charge in [0.05, 0.1) is 11.0 Å². The number of sulfone groups is 1. The molecule has 4 nitrogen and oxygen atoms in total. The van der Waals surface area contributed by atoms with Crippen molar-refractivity contribution in [3.05, 3.63) is 0 Å². The van der Waals surface area contributed by atoms with Gasteiger partial charge in [-0.05, 0) is 19.9 Å². The molecule has 1 aliphatic rings. The zero-order valence-corrected chi connectivity index (χ0v) is 9.57. The lowest BCUT2D eigenvalue weighted by atomic mass is 10.2. The molecule has 1 saturated heterocycles. The van der Waals surface area contributed by atoms with Gasteiger partial charge in [0.1, 0.15) is 0 Å². The predicted molar refractivity (Wildman–Crippen MR) is 58.2 cm³/mol. The molecule has 1 atom stereocenters. The van der Waals surface area contributed by atoms with E-state index in [0.717, 1.165) is 32.4 Å². The lowest BCUT2D eigenvalue weighted by Gasteiger charge is -2.22. The van der Waals surface area contributed by atoms with Crippen molar-refractivity contribution in [1.82, 2.24) is 10.6 Å². The summed E-state index contributed by atoms with van der Waals surface area (Å²) in [6.45, 7) is 2.33. The number of nitrogens with one attached hydrogen (secondary N) is 2. The van der Waals surface area contributed by atoms with Crippen molar-refractivity contribution < 1.29 is 8.42 Å². The first-order valence-electron chi connectivity index (χ1n) is 5.23. The molecular formula is C9H20N2O2S. The summed E-state index contributed by atoms with van der Waals surface area (Å²) in [5.41, 5.74) is 0. The molecule has 5 heteroatoms. The molecule has 0 aromatic carbocycles. The summed E-state index contributed by atoms with van der Waals surface area (Å²) in [7, 11) is -0.906. The van der Waals surface area contributed by atoms with Crippen LogP contribution in [0, 0.1) is 0 Å². The molecule has 1 unspecified atom stereocenters. The van der Waals surface area contributed by atoms with E-state index in [9.17, 15) is 8.42 Å². The van der Waals surface area contributed by atoms with Gasteiger partial charge in [-0.15, -0.1) is 0 Å². The maximum atomic E-state index is 11.6. The van der Waals surface area contributed by atoms with Crippen molar-refractivity contribution in [3.63, 3.8) is 0 Å². The van der Waals surface area contributed by atoms with Crippen molar-refractivity contribution >= 4 is 9.84 Å². The second-order valence-corrected chi connectivity index (χ2v) is 6.19. The molecule has 0 aliphatic carbocycles. The fraction of sp³-hybridized carbons (Fsp3) is 1.00. The van der Waals surface area contributed by atoms with Gasteiger partial charge in [-0.2, -0.15) is 0 Å². The van der Waals surface area contributed by atoms with E-state index in [2.05, 4.69) is 10.6 Å². The van der Waals surface area contributed by atoms with Gasteiger partial charge in [0, 0.05) is 19.6 Å². The summed E-state index contributed by atoms with van der Waals surface area (Å²) in [6, 6.07) is 0. The standard InChI is InChI=1S/C9H20N2O2S/c1-10-5-6-11-8-9-4-2-3-7-14(9,12)13/h9-11H,2-8H2,1H3.